The zero-order valence-electron chi connectivity index (χ0n) is 12.3. The highest BCUT2D eigenvalue weighted by atomic mass is 35.5. The Morgan fingerprint density at radius 1 is 1.35 bits per heavy atom. The standard InChI is InChI=1S/C16H14ClN3O2S/c1-10-18-8-12(23-10)9-19-13-5-4-11(17)7-14(13)20-16(21)15-3-2-6-22-15/h2-8,19H,9H2,1H3,(H,20,21). The van der Waals surface area contributed by atoms with Crippen molar-refractivity contribution in [3.63, 3.8) is 0 Å². The monoisotopic (exact) mass is 347 g/mol. The lowest BCUT2D eigenvalue weighted by molar-refractivity contribution is 0.0996. The van der Waals surface area contributed by atoms with Gasteiger partial charge in [-0.05, 0) is 37.3 Å². The molecule has 0 aliphatic carbocycles. The molecule has 3 rings (SSSR count). The van der Waals surface area contributed by atoms with Gasteiger partial charge in [0, 0.05) is 16.1 Å². The summed E-state index contributed by atoms with van der Waals surface area (Å²) in [5, 5.41) is 7.65. The molecule has 0 radical (unpaired) electrons. The second-order valence-corrected chi connectivity index (χ2v) is 6.58. The molecule has 0 saturated carbocycles. The summed E-state index contributed by atoms with van der Waals surface area (Å²) in [4.78, 5) is 17.5. The fourth-order valence-corrected chi connectivity index (χ4v) is 2.94. The van der Waals surface area contributed by atoms with E-state index in [-0.39, 0.29) is 11.7 Å². The third-order valence-corrected chi connectivity index (χ3v) is 4.24. The predicted molar refractivity (Wildman–Crippen MR) is 92.3 cm³/mol. The molecule has 0 fully saturated rings. The molecule has 0 spiro atoms. The molecule has 0 aliphatic heterocycles. The molecule has 23 heavy (non-hydrogen) atoms. The van der Waals surface area contributed by atoms with Crippen molar-refractivity contribution in [1.29, 1.82) is 0 Å². The predicted octanol–water partition coefficient (Wildman–Crippen LogP) is 4.56. The zero-order valence-corrected chi connectivity index (χ0v) is 13.9. The highest BCUT2D eigenvalue weighted by Crippen LogP contribution is 2.27. The second kappa shape index (κ2) is 6.85. The van der Waals surface area contributed by atoms with Gasteiger partial charge >= 0.3 is 0 Å². The number of rotatable bonds is 5. The highest BCUT2D eigenvalue weighted by molar-refractivity contribution is 7.11. The van der Waals surface area contributed by atoms with Crippen molar-refractivity contribution in [2.24, 2.45) is 0 Å². The Balaban J connectivity index is 1.76. The van der Waals surface area contributed by atoms with E-state index >= 15 is 0 Å². The number of furan rings is 1. The summed E-state index contributed by atoms with van der Waals surface area (Å²) in [5.74, 6) is -0.0806. The van der Waals surface area contributed by atoms with E-state index in [1.807, 2.05) is 19.2 Å². The normalized spacial score (nSPS) is 10.5. The minimum Gasteiger partial charge on any atom is -0.459 e. The topological polar surface area (TPSA) is 67.2 Å². The average molecular weight is 348 g/mol. The van der Waals surface area contributed by atoms with Crippen molar-refractivity contribution < 1.29 is 9.21 Å². The number of hydrogen-bond acceptors (Lipinski definition) is 5. The molecule has 7 heteroatoms. The molecular formula is C16H14ClN3O2S. The molecule has 1 aromatic carbocycles. The number of nitrogens with zero attached hydrogens (tertiary/aromatic N) is 1. The number of halogens is 1. The van der Waals surface area contributed by atoms with E-state index in [1.54, 1.807) is 35.6 Å². The number of amides is 1. The summed E-state index contributed by atoms with van der Waals surface area (Å²) >= 11 is 7.66. The van der Waals surface area contributed by atoms with Crippen molar-refractivity contribution in [2.45, 2.75) is 13.5 Å². The van der Waals surface area contributed by atoms with E-state index in [9.17, 15) is 4.79 Å². The molecule has 0 unspecified atom stereocenters. The van der Waals surface area contributed by atoms with Gasteiger partial charge < -0.3 is 15.1 Å². The highest BCUT2D eigenvalue weighted by Gasteiger charge is 2.12. The fourth-order valence-electron chi connectivity index (χ4n) is 2.04. The Bertz CT molecular complexity index is 815. The molecule has 2 aromatic heterocycles. The number of aryl methyl sites for hydroxylation is 1. The van der Waals surface area contributed by atoms with E-state index in [4.69, 9.17) is 16.0 Å². The van der Waals surface area contributed by atoms with Gasteiger partial charge in [0.15, 0.2) is 5.76 Å². The molecule has 3 aromatic rings. The number of nitrogens with one attached hydrogen (secondary N) is 2. The third-order valence-electron chi connectivity index (χ3n) is 3.10. The van der Waals surface area contributed by atoms with Crippen LogP contribution in [0.25, 0.3) is 0 Å². The molecule has 2 heterocycles. The van der Waals surface area contributed by atoms with Crippen LogP contribution in [0.3, 0.4) is 0 Å². The average Bonchev–Trinajstić information content (AvgIpc) is 3.18. The van der Waals surface area contributed by atoms with Gasteiger partial charge in [0.1, 0.15) is 0 Å². The fraction of sp³-hybridized carbons (Fsp3) is 0.125. The molecule has 2 N–H and O–H groups in total. The van der Waals surface area contributed by atoms with Gasteiger partial charge in [0.25, 0.3) is 5.91 Å². The van der Waals surface area contributed by atoms with E-state index in [0.29, 0.717) is 17.3 Å². The lowest BCUT2D eigenvalue weighted by Crippen LogP contribution is -2.13. The van der Waals surface area contributed by atoms with Crippen LogP contribution in [0, 0.1) is 6.92 Å². The third kappa shape index (κ3) is 3.91. The molecule has 0 aliphatic rings. The van der Waals surface area contributed by atoms with Gasteiger partial charge in [-0.15, -0.1) is 11.3 Å². The van der Waals surface area contributed by atoms with E-state index in [2.05, 4.69) is 15.6 Å². The summed E-state index contributed by atoms with van der Waals surface area (Å²) in [6, 6.07) is 8.56. The quantitative estimate of drug-likeness (QED) is 0.709. The van der Waals surface area contributed by atoms with Gasteiger partial charge in [-0.3, -0.25) is 4.79 Å². The van der Waals surface area contributed by atoms with Gasteiger partial charge in [-0.1, -0.05) is 11.6 Å². The van der Waals surface area contributed by atoms with Crippen LogP contribution in [0.4, 0.5) is 11.4 Å². The first-order valence-corrected chi connectivity index (χ1v) is 8.11. The number of thiazole rings is 1. The Morgan fingerprint density at radius 3 is 2.91 bits per heavy atom. The van der Waals surface area contributed by atoms with Crippen molar-refractivity contribution >= 4 is 40.2 Å². The molecule has 1 amide bonds. The largest absolute Gasteiger partial charge is 0.459 e. The number of carbonyl (C=O) groups is 1. The minimum atomic E-state index is -0.325. The number of aromatic nitrogens is 1. The molecule has 0 bridgehead atoms. The minimum absolute atomic E-state index is 0.244. The summed E-state index contributed by atoms with van der Waals surface area (Å²) < 4.78 is 5.10. The van der Waals surface area contributed by atoms with Crippen LogP contribution < -0.4 is 10.6 Å². The van der Waals surface area contributed by atoms with Crippen LogP contribution in [-0.2, 0) is 6.54 Å². The molecule has 0 saturated heterocycles. The van der Waals surface area contributed by atoms with Crippen LogP contribution in [0.1, 0.15) is 20.4 Å². The van der Waals surface area contributed by atoms with Crippen LogP contribution >= 0.6 is 22.9 Å². The van der Waals surface area contributed by atoms with Crippen LogP contribution in [0.2, 0.25) is 5.02 Å². The van der Waals surface area contributed by atoms with Gasteiger partial charge in [0.2, 0.25) is 0 Å². The second-order valence-electron chi connectivity index (χ2n) is 4.82. The van der Waals surface area contributed by atoms with E-state index in [0.717, 1.165) is 15.6 Å². The first kappa shape index (κ1) is 15.6. The lowest BCUT2D eigenvalue weighted by atomic mass is 10.2. The van der Waals surface area contributed by atoms with E-state index in [1.165, 1.54) is 6.26 Å². The van der Waals surface area contributed by atoms with Crippen molar-refractivity contribution in [3.05, 3.63) is 63.5 Å². The number of hydrogen-bond donors (Lipinski definition) is 2. The van der Waals surface area contributed by atoms with Crippen LogP contribution in [0.15, 0.2) is 47.2 Å². The van der Waals surface area contributed by atoms with Crippen molar-refractivity contribution in [1.82, 2.24) is 4.98 Å². The SMILES string of the molecule is Cc1ncc(CNc2ccc(Cl)cc2NC(=O)c2ccco2)s1. The Labute approximate surface area is 142 Å². The van der Waals surface area contributed by atoms with Gasteiger partial charge in [0.05, 0.1) is 29.2 Å². The van der Waals surface area contributed by atoms with Crippen LogP contribution in [0.5, 0.6) is 0 Å². The Morgan fingerprint density at radius 2 is 2.22 bits per heavy atom. The van der Waals surface area contributed by atoms with Crippen molar-refractivity contribution in [3.8, 4) is 0 Å². The van der Waals surface area contributed by atoms with Gasteiger partial charge in [-0.25, -0.2) is 4.98 Å². The van der Waals surface area contributed by atoms with Crippen LogP contribution in [-0.4, -0.2) is 10.9 Å². The van der Waals surface area contributed by atoms with Gasteiger partial charge in [-0.2, -0.15) is 0 Å². The van der Waals surface area contributed by atoms with Crippen molar-refractivity contribution in [2.75, 3.05) is 10.6 Å². The maximum atomic E-state index is 12.1. The summed E-state index contributed by atoms with van der Waals surface area (Å²) in [6.07, 6.45) is 3.29. The molecule has 5 nitrogen and oxygen atoms in total. The first-order valence-electron chi connectivity index (χ1n) is 6.91. The Kier molecular flexibility index (Phi) is 4.64. The maximum absolute atomic E-state index is 12.1. The molecular weight excluding hydrogens is 334 g/mol. The maximum Gasteiger partial charge on any atom is 0.291 e. The summed E-state index contributed by atoms with van der Waals surface area (Å²) in [5.41, 5.74) is 1.38. The smallest absolute Gasteiger partial charge is 0.291 e. The van der Waals surface area contributed by atoms with E-state index < -0.39 is 0 Å². The molecule has 118 valence electrons. The number of anilines is 2. The molecule has 0 atom stereocenters. The zero-order chi connectivity index (χ0) is 16.2. The number of benzene rings is 1. The Hall–Kier alpha value is -2.31. The number of carbonyl (C=O) groups excluding carboxylic acids is 1. The first-order chi connectivity index (χ1) is 11.1. The summed E-state index contributed by atoms with van der Waals surface area (Å²) in [6.45, 7) is 2.59. The lowest BCUT2D eigenvalue weighted by Gasteiger charge is -2.12. The summed E-state index contributed by atoms with van der Waals surface area (Å²) in [7, 11) is 0.